The van der Waals surface area contributed by atoms with Crippen molar-refractivity contribution in [1.82, 2.24) is 4.57 Å². The van der Waals surface area contributed by atoms with E-state index in [0.717, 1.165) is 10.1 Å². The molecule has 2 rings (SSSR count). The van der Waals surface area contributed by atoms with Gasteiger partial charge in [0, 0.05) is 12.2 Å². The quantitative estimate of drug-likeness (QED) is 0.682. The van der Waals surface area contributed by atoms with E-state index in [-0.39, 0.29) is 11.6 Å². The molecule has 0 aliphatic rings. The van der Waals surface area contributed by atoms with Gasteiger partial charge in [-0.25, -0.2) is 0 Å². The van der Waals surface area contributed by atoms with Crippen LogP contribution in [0.3, 0.4) is 0 Å². The zero-order chi connectivity index (χ0) is 9.42. The molecule has 0 aromatic carbocycles. The smallest absolute Gasteiger partial charge is 0.268 e. The number of hydrogen-bond donors (Lipinski definition) is 0. The Bertz CT molecular complexity index is 481. The molecule has 0 fully saturated rings. The Morgan fingerprint density at radius 2 is 2.15 bits per heavy atom. The average molecular weight is 193 g/mol. The molecule has 2 aromatic rings. The lowest BCUT2D eigenvalue weighted by atomic mass is 10.3. The number of fused-ring (bicyclic) bond motifs is 1. The second kappa shape index (κ2) is 3.00. The highest BCUT2D eigenvalue weighted by molar-refractivity contribution is 7.17. The maximum absolute atomic E-state index is 11.8. The van der Waals surface area contributed by atoms with Crippen LogP contribution in [0.15, 0.2) is 28.5 Å². The van der Waals surface area contributed by atoms with Crippen LogP contribution in [-0.4, -0.2) is 4.57 Å². The van der Waals surface area contributed by atoms with Crippen LogP contribution >= 0.6 is 11.3 Å². The van der Waals surface area contributed by atoms with Crippen LogP contribution < -0.4 is 5.56 Å². The predicted molar refractivity (Wildman–Crippen MR) is 56.5 cm³/mol. The Morgan fingerprint density at radius 3 is 2.85 bits per heavy atom. The number of rotatable bonds is 1. The van der Waals surface area contributed by atoms with Crippen molar-refractivity contribution in [2.75, 3.05) is 0 Å². The molecule has 0 aliphatic carbocycles. The SMILES string of the molecule is CC(C)n1ccc2ccsc2c1=O. The molecule has 0 amide bonds. The van der Waals surface area contributed by atoms with Crippen molar-refractivity contribution in [3.63, 3.8) is 0 Å². The first kappa shape index (κ1) is 8.51. The maximum Gasteiger partial charge on any atom is 0.268 e. The highest BCUT2D eigenvalue weighted by atomic mass is 32.1. The summed E-state index contributed by atoms with van der Waals surface area (Å²) in [5.41, 5.74) is 0.127. The summed E-state index contributed by atoms with van der Waals surface area (Å²) in [6.45, 7) is 4.03. The monoisotopic (exact) mass is 193 g/mol. The standard InChI is InChI=1S/C10H11NOS/c1-7(2)11-5-3-8-4-6-13-9(8)10(11)12/h3-7H,1-2H3. The molecule has 2 aromatic heterocycles. The van der Waals surface area contributed by atoms with Crippen molar-refractivity contribution >= 4 is 21.4 Å². The fourth-order valence-corrected chi connectivity index (χ4v) is 2.21. The lowest BCUT2D eigenvalue weighted by molar-refractivity contribution is 0.583. The van der Waals surface area contributed by atoms with Gasteiger partial charge in [0.2, 0.25) is 0 Å². The third-order valence-electron chi connectivity index (χ3n) is 2.10. The molecule has 0 unspecified atom stereocenters. The molecule has 0 spiro atoms. The number of hydrogen-bond acceptors (Lipinski definition) is 2. The minimum Gasteiger partial charge on any atom is -0.312 e. The highest BCUT2D eigenvalue weighted by Gasteiger charge is 2.05. The topological polar surface area (TPSA) is 22.0 Å². The average Bonchev–Trinajstić information content (AvgIpc) is 2.52. The van der Waals surface area contributed by atoms with Crippen LogP contribution in [0.25, 0.3) is 10.1 Å². The van der Waals surface area contributed by atoms with Crippen LogP contribution in [0.5, 0.6) is 0 Å². The summed E-state index contributed by atoms with van der Waals surface area (Å²) in [5.74, 6) is 0. The number of nitrogens with zero attached hydrogens (tertiary/aromatic N) is 1. The van der Waals surface area contributed by atoms with Gasteiger partial charge >= 0.3 is 0 Å². The van der Waals surface area contributed by atoms with Crippen LogP contribution in [0.1, 0.15) is 19.9 Å². The Kier molecular flexibility index (Phi) is 1.96. The summed E-state index contributed by atoms with van der Waals surface area (Å²) in [4.78, 5) is 11.8. The van der Waals surface area contributed by atoms with Gasteiger partial charge in [0.1, 0.15) is 0 Å². The van der Waals surface area contributed by atoms with Crippen molar-refractivity contribution in [1.29, 1.82) is 0 Å². The summed E-state index contributed by atoms with van der Waals surface area (Å²) in [6, 6.07) is 4.21. The molecule has 0 bridgehead atoms. The molecule has 2 nitrogen and oxygen atoms in total. The normalized spacial score (nSPS) is 11.3. The molecule has 13 heavy (non-hydrogen) atoms. The van der Waals surface area contributed by atoms with Crippen molar-refractivity contribution in [3.05, 3.63) is 34.1 Å². The first-order chi connectivity index (χ1) is 6.20. The van der Waals surface area contributed by atoms with E-state index < -0.39 is 0 Å². The zero-order valence-electron chi connectivity index (χ0n) is 7.65. The van der Waals surface area contributed by atoms with Crippen molar-refractivity contribution in [2.45, 2.75) is 19.9 Å². The van der Waals surface area contributed by atoms with E-state index in [4.69, 9.17) is 0 Å². The van der Waals surface area contributed by atoms with Gasteiger partial charge in [-0.1, -0.05) is 0 Å². The van der Waals surface area contributed by atoms with Gasteiger partial charge in [-0.15, -0.1) is 11.3 Å². The molecule has 0 atom stereocenters. The summed E-state index contributed by atoms with van der Waals surface area (Å²) in [7, 11) is 0. The third kappa shape index (κ3) is 1.29. The minimum atomic E-state index is 0.127. The van der Waals surface area contributed by atoms with Crippen molar-refractivity contribution in [3.8, 4) is 0 Å². The van der Waals surface area contributed by atoms with Gasteiger partial charge in [-0.3, -0.25) is 4.79 Å². The van der Waals surface area contributed by atoms with Gasteiger partial charge in [0.25, 0.3) is 5.56 Å². The molecule has 0 N–H and O–H groups in total. The van der Waals surface area contributed by atoms with Crippen molar-refractivity contribution < 1.29 is 0 Å². The molecule has 0 radical (unpaired) electrons. The first-order valence-corrected chi connectivity index (χ1v) is 5.16. The molecular formula is C10H11NOS. The Balaban J connectivity index is 2.81. The second-order valence-electron chi connectivity index (χ2n) is 3.33. The molecule has 0 saturated heterocycles. The number of pyridine rings is 1. The number of aromatic nitrogens is 1. The zero-order valence-corrected chi connectivity index (χ0v) is 8.47. The van der Waals surface area contributed by atoms with Crippen LogP contribution in [-0.2, 0) is 0 Å². The van der Waals surface area contributed by atoms with E-state index in [1.54, 1.807) is 4.57 Å². The minimum absolute atomic E-state index is 0.127. The predicted octanol–water partition coefficient (Wildman–Crippen LogP) is 2.64. The van der Waals surface area contributed by atoms with E-state index in [2.05, 4.69) is 0 Å². The maximum atomic E-state index is 11.8. The van der Waals surface area contributed by atoms with E-state index >= 15 is 0 Å². The van der Waals surface area contributed by atoms with E-state index in [1.807, 2.05) is 37.6 Å². The van der Waals surface area contributed by atoms with Crippen LogP contribution in [0, 0.1) is 0 Å². The van der Waals surface area contributed by atoms with E-state index in [1.165, 1.54) is 11.3 Å². The Hall–Kier alpha value is -1.09. The van der Waals surface area contributed by atoms with Gasteiger partial charge in [-0.2, -0.15) is 0 Å². The first-order valence-electron chi connectivity index (χ1n) is 4.28. The Labute approximate surface area is 80.4 Å². The molecule has 68 valence electrons. The van der Waals surface area contributed by atoms with Gasteiger partial charge < -0.3 is 4.57 Å². The summed E-state index contributed by atoms with van der Waals surface area (Å²) in [6.07, 6.45) is 1.86. The van der Waals surface area contributed by atoms with Gasteiger partial charge in [0.15, 0.2) is 0 Å². The number of thiophene rings is 1. The fraction of sp³-hybridized carbons (Fsp3) is 0.300. The van der Waals surface area contributed by atoms with E-state index in [9.17, 15) is 4.79 Å². The Morgan fingerprint density at radius 1 is 1.38 bits per heavy atom. The largest absolute Gasteiger partial charge is 0.312 e. The molecule has 0 saturated carbocycles. The van der Waals surface area contributed by atoms with Crippen LogP contribution in [0.2, 0.25) is 0 Å². The molecule has 0 aliphatic heterocycles. The van der Waals surface area contributed by atoms with Gasteiger partial charge in [-0.05, 0) is 36.7 Å². The highest BCUT2D eigenvalue weighted by Crippen LogP contribution is 2.16. The van der Waals surface area contributed by atoms with Gasteiger partial charge in [0.05, 0.1) is 4.70 Å². The molecule has 3 heteroatoms. The molecular weight excluding hydrogens is 182 g/mol. The lowest BCUT2D eigenvalue weighted by Gasteiger charge is -2.08. The third-order valence-corrected chi connectivity index (χ3v) is 3.01. The van der Waals surface area contributed by atoms with Crippen molar-refractivity contribution in [2.24, 2.45) is 0 Å². The summed E-state index contributed by atoms with van der Waals surface area (Å²) < 4.78 is 2.62. The fourth-order valence-electron chi connectivity index (χ4n) is 1.38. The summed E-state index contributed by atoms with van der Waals surface area (Å²) >= 11 is 1.51. The van der Waals surface area contributed by atoms with Crippen LogP contribution in [0.4, 0.5) is 0 Å². The second-order valence-corrected chi connectivity index (χ2v) is 4.24. The molecule has 2 heterocycles. The van der Waals surface area contributed by atoms with E-state index in [0.29, 0.717) is 0 Å². The summed E-state index contributed by atoms with van der Waals surface area (Å²) in [5, 5.41) is 3.00. The lowest BCUT2D eigenvalue weighted by Crippen LogP contribution is -2.20.